The highest BCUT2D eigenvalue weighted by Gasteiger charge is 2.15. The Bertz CT molecular complexity index is 397. The molecule has 1 rings (SSSR count). The summed E-state index contributed by atoms with van der Waals surface area (Å²) in [6, 6.07) is 0.0221. The number of allylic oxidation sites excluding steroid dienone is 4. The molecule has 0 amide bonds. The summed E-state index contributed by atoms with van der Waals surface area (Å²) < 4.78 is 5.64. The smallest absolute Gasteiger partial charge is 0.149 e. The lowest BCUT2D eigenvalue weighted by atomic mass is 10.1. The molecule has 0 bridgehead atoms. The Morgan fingerprint density at radius 1 is 1.45 bits per heavy atom. The number of ether oxygens (including phenoxy) is 1. The lowest BCUT2D eigenvalue weighted by Gasteiger charge is -2.19. The first-order valence-corrected chi connectivity index (χ1v) is 7.14. The lowest BCUT2D eigenvalue weighted by Crippen LogP contribution is -2.43. The van der Waals surface area contributed by atoms with E-state index >= 15 is 0 Å². The van der Waals surface area contributed by atoms with Gasteiger partial charge >= 0.3 is 0 Å². The predicted octanol–water partition coefficient (Wildman–Crippen LogP) is 2.15. The van der Waals surface area contributed by atoms with Crippen LogP contribution >= 0.6 is 0 Å². The maximum Gasteiger partial charge on any atom is 0.149 e. The van der Waals surface area contributed by atoms with Crippen molar-refractivity contribution in [3.8, 4) is 0 Å². The number of hydrogen-bond donors (Lipinski definition) is 2. The van der Waals surface area contributed by atoms with Crippen LogP contribution in [0.2, 0.25) is 0 Å². The molecule has 0 aliphatic carbocycles. The highest BCUT2D eigenvalue weighted by Crippen LogP contribution is 2.04. The summed E-state index contributed by atoms with van der Waals surface area (Å²) in [6.45, 7) is 8.60. The van der Waals surface area contributed by atoms with Gasteiger partial charge in [-0.05, 0) is 25.1 Å². The largest absolute Gasteiger partial charge is 0.373 e. The second kappa shape index (κ2) is 8.72. The van der Waals surface area contributed by atoms with Crippen molar-refractivity contribution < 1.29 is 9.53 Å². The van der Waals surface area contributed by atoms with Crippen molar-refractivity contribution in [2.45, 2.75) is 39.8 Å². The number of Topliss-reactive ketones (excluding diaryl/α,β-unsaturated/α-hetero) is 1. The summed E-state index contributed by atoms with van der Waals surface area (Å²) in [5.41, 5.74) is 0.983. The molecule has 1 aliphatic rings. The second-order valence-corrected chi connectivity index (χ2v) is 5.44. The summed E-state index contributed by atoms with van der Waals surface area (Å²) in [7, 11) is 0. The van der Waals surface area contributed by atoms with Crippen LogP contribution in [0.25, 0.3) is 0 Å². The maximum atomic E-state index is 11.5. The lowest BCUT2D eigenvalue weighted by molar-refractivity contribution is -0.120. The molecule has 0 fully saturated rings. The number of nitrogens with one attached hydrogen (secondary N) is 2. The Hall–Kier alpha value is -1.39. The van der Waals surface area contributed by atoms with E-state index in [1.807, 2.05) is 32.2 Å². The van der Waals surface area contributed by atoms with E-state index in [0.29, 0.717) is 19.1 Å². The van der Waals surface area contributed by atoms with Gasteiger partial charge in [0.1, 0.15) is 5.78 Å². The quantitative estimate of drug-likeness (QED) is 0.749. The van der Waals surface area contributed by atoms with Gasteiger partial charge in [0.2, 0.25) is 0 Å². The molecule has 4 heteroatoms. The molecule has 2 atom stereocenters. The highest BCUT2D eigenvalue weighted by atomic mass is 16.5. The minimum Gasteiger partial charge on any atom is -0.373 e. The van der Waals surface area contributed by atoms with E-state index in [2.05, 4.69) is 29.7 Å². The summed E-state index contributed by atoms with van der Waals surface area (Å²) in [5.74, 6) is 0.533. The molecule has 0 aromatic heterocycles. The average Bonchev–Trinajstić information content (AvgIpc) is 2.33. The van der Waals surface area contributed by atoms with E-state index in [0.717, 1.165) is 5.70 Å². The Balaban J connectivity index is 2.42. The zero-order chi connectivity index (χ0) is 15.0. The normalized spacial score (nSPS) is 25.9. The molecule has 2 N–H and O–H groups in total. The zero-order valence-electron chi connectivity index (χ0n) is 12.8. The van der Waals surface area contributed by atoms with E-state index in [1.165, 1.54) is 0 Å². The molecule has 2 unspecified atom stereocenters. The van der Waals surface area contributed by atoms with Crippen molar-refractivity contribution >= 4 is 5.78 Å². The van der Waals surface area contributed by atoms with Gasteiger partial charge in [0.15, 0.2) is 0 Å². The van der Waals surface area contributed by atoms with Crippen molar-refractivity contribution in [1.29, 1.82) is 0 Å². The molecule has 1 heterocycles. The number of ketones is 1. The molecule has 1 aliphatic heterocycles. The van der Waals surface area contributed by atoms with Crippen LogP contribution in [-0.2, 0) is 9.53 Å². The fourth-order valence-corrected chi connectivity index (χ4v) is 1.83. The molecule has 0 saturated heterocycles. The minimum atomic E-state index is -0.240. The zero-order valence-corrected chi connectivity index (χ0v) is 12.8. The van der Waals surface area contributed by atoms with Crippen molar-refractivity contribution in [2.75, 3.05) is 13.2 Å². The Morgan fingerprint density at radius 2 is 2.20 bits per heavy atom. The van der Waals surface area contributed by atoms with Gasteiger partial charge in [0, 0.05) is 11.7 Å². The fourth-order valence-electron chi connectivity index (χ4n) is 1.83. The molecule has 0 aromatic carbocycles. The number of hydrogen-bond acceptors (Lipinski definition) is 4. The van der Waals surface area contributed by atoms with Crippen molar-refractivity contribution in [2.24, 2.45) is 5.92 Å². The monoisotopic (exact) mass is 278 g/mol. The molecule has 20 heavy (non-hydrogen) atoms. The third-order valence-electron chi connectivity index (χ3n) is 2.95. The molecular weight excluding hydrogens is 252 g/mol. The van der Waals surface area contributed by atoms with E-state index in [-0.39, 0.29) is 17.9 Å². The molecule has 0 spiro atoms. The van der Waals surface area contributed by atoms with E-state index < -0.39 is 0 Å². The van der Waals surface area contributed by atoms with E-state index in [9.17, 15) is 4.79 Å². The van der Waals surface area contributed by atoms with Crippen LogP contribution in [0.15, 0.2) is 36.2 Å². The molecule has 0 saturated carbocycles. The van der Waals surface area contributed by atoms with Crippen LogP contribution in [0.4, 0.5) is 0 Å². The standard InChI is InChI=1S/C16H26N2O2/c1-12(2)18-16(14(4)19)11-20-10-15-7-5-6-13(3)8-9-17-15/h5-9,12-13,16-18H,10-11H2,1-4H3/b6-5-,9-8+,15-7-. The van der Waals surface area contributed by atoms with Gasteiger partial charge in [-0.15, -0.1) is 0 Å². The Labute approximate surface area is 122 Å². The molecular formula is C16H26N2O2. The fraction of sp³-hybridized carbons (Fsp3) is 0.562. The van der Waals surface area contributed by atoms with Gasteiger partial charge in [0.05, 0.1) is 19.3 Å². The first-order chi connectivity index (χ1) is 9.49. The Kier molecular flexibility index (Phi) is 7.26. The van der Waals surface area contributed by atoms with Crippen molar-refractivity contribution in [3.63, 3.8) is 0 Å². The van der Waals surface area contributed by atoms with Gasteiger partial charge in [-0.2, -0.15) is 0 Å². The van der Waals surface area contributed by atoms with Crippen LogP contribution in [0.3, 0.4) is 0 Å². The highest BCUT2D eigenvalue weighted by molar-refractivity contribution is 5.81. The number of carbonyl (C=O) groups is 1. The Morgan fingerprint density at radius 3 is 2.85 bits per heavy atom. The first kappa shape index (κ1) is 16.7. The average molecular weight is 278 g/mol. The predicted molar refractivity (Wildman–Crippen MR) is 82.2 cm³/mol. The van der Waals surface area contributed by atoms with E-state index in [1.54, 1.807) is 6.92 Å². The molecule has 0 aromatic rings. The summed E-state index contributed by atoms with van der Waals surface area (Å²) in [6.07, 6.45) is 10.2. The van der Waals surface area contributed by atoms with Gasteiger partial charge in [-0.25, -0.2) is 0 Å². The topological polar surface area (TPSA) is 50.4 Å². The van der Waals surface area contributed by atoms with Gasteiger partial charge in [-0.3, -0.25) is 4.79 Å². The van der Waals surface area contributed by atoms with Crippen LogP contribution < -0.4 is 10.6 Å². The summed E-state index contributed by atoms with van der Waals surface area (Å²) in [5, 5.41) is 6.40. The third-order valence-corrected chi connectivity index (χ3v) is 2.95. The van der Waals surface area contributed by atoms with Gasteiger partial charge < -0.3 is 15.4 Å². The van der Waals surface area contributed by atoms with Crippen molar-refractivity contribution in [3.05, 3.63) is 36.2 Å². The number of carbonyl (C=O) groups excluding carboxylic acids is 1. The molecule has 112 valence electrons. The van der Waals surface area contributed by atoms with Crippen LogP contribution in [0, 0.1) is 5.92 Å². The first-order valence-electron chi connectivity index (χ1n) is 7.14. The van der Waals surface area contributed by atoms with Crippen LogP contribution in [-0.4, -0.2) is 31.1 Å². The molecule has 0 radical (unpaired) electrons. The van der Waals surface area contributed by atoms with Crippen LogP contribution in [0.5, 0.6) is 0 Å². The molecule has 4 nitrogen and oxygen atoms in total. The third kappa shape index (κ3) is 6.68. The van der Waals surface area contributed by atoms with Crippen LogP contribution in [0.1, 0.15) is 27.7 Å². The van der Waals surface area contributed by atoms with Gasteiger partial charge in [-0.1, -0.05) is 39.0 Å². The van der Waals surface area contributed by atoms with Crippen molar-refractivity contribution in [1.82, 2.24) is 10.6 Å². The summed E-state index contributed by atoms with van der Waals surface area (Å²) >= 11 is 0. The van der Waals surface area contributed by atoms with Gasteiger partial charge in [0.25, 0.3) is 0 Å². The second-order valence-electron chi connectivity index (χ2n) is 5.44. The minimum absolute atomic E-state index is 0.104. The maximum absolute atomic E-state index is 11.5. The van der Waals surface area contributed by atoms with E-state index in [4.69, 9.17) is 4.74 Å². The SMILES string of the molecule is CC(=O)C(COC/C1=C/C=C\C(C)/C=C/N1)NC(C)C. The summed E-state index contributed by atoms with van der Waals surface area (Å²) in [4.78, 5) is 11.5. The number of rotatable bonds is 7.